The zero-order valence-corrected chi connectivity index (χ0v) is 30.2. The standard InChI is InChI=1S/C37H42N12O5/c1-3-49(54-37(51)47-19-28-30(20-47)44-33(25-16-40-35(38)41-17-25)45-31(28)23-9-13-52-14-10-23)36(50)42-26-6-4-24(5-7-26)32-43-29-8-11-39-18-27(29)34(46-32)48-12-15-53-21-22(48)2/h4-7,9,13,16-17,22-23,39H,3,8,10-12,14-15,18-21H2,1-2H3,(H,42,50)(H2,38,40,41). The van der Waals surface area contributed by atoms with Crippen molar-refractivity contribution in [2.75, 3.05) is 55.4 Å². The van der Waals surface area contributed by atoms with Gasteiger partial charge in [-0.1, -0.05) is 0 Å². The van der Waals surface area contributed by atoms with E-state index in [2.05, 4.69) is 32.4 Å². The highest BCUT2D eigenvalue weighted by Gasteiger charge is 2.34. The van der Waals surface area contributed by atoms with Gasteiger partial charge >= 0.3 is 12.1 Å². The number of hydrogen-bond donors (Lipinski definition) is 3. The highest BCUT2D eigenvalue weighted by molar-refractivity contribution is 5.89. The molecule has 3 aromatic heterocycles. The summed E-state index contributed by atoms with van der Waals surface area (Å²) in [5.74, 6) is 2.12. The molecule has 4 aromatic rings. The van der Waals surface area contributed by atoms with E-state index in [1.165, 1.54) is 4.90 Å². The van der Waals surface area contributed by atoms with E-state index in [0.29, 0.717) is 48.4 Å². The number of hydroxylamine groups is 2. The quantitative estimate of drug-likeness (QED) is 0.242. The summed E-state index contributed by atoms with van der Waals surface area (Å²) in [5, 5.41) is 7.30. The molecule has 0 aliphatic carbocycles. The fourth-order valence-electron chi connectivity index (χ4n) is 7.06. The predicted octanol–water partition coefficient (Wildman–Crippen LogP) is 3.78. The molecule has 0 radical (unpaired) electrons. The van der Waals surface area contributed by atoms with Crippen LogP contribution < -0.4 is 21.3 Å². The van der Waals surface area contributed by atoms with Crippen molar-refractivity contribution in [1.82, 2.24) is 45.2 Å². The summed E-state index contributed by atoms with van der Waals surface area (Å²) in [6, 6.07) is 6.95. The Bertz CT molecular complexity index is 2060. The van der Waals surface area contributed by atoms with Gasteiger partial charge < -0.3 is 35.6 Å². The molecule has 8 rings (SSSR count). The molecule has 4 aliphatic rings. The number of morpholine rings is 1. The lowest BCUT2D eigenvalue weighted by Crippen LogP contribution is -2.45. The van der Waals surface area contributed by atoms with Gasteiger partial charge in [-0.3, -0.25) is 4.90 Å². The molecule has 3 amide bonds. The molecule has 17 nitrogen and oxygen atoms in total. The van der Waals surface area contributed by atoms with Crippen LogP contribution in [0.4, 0.5) is 27.0 Å². The molecule has 2 unspecified atom stereocenters. The number of benzene rings is 1. The number of urea groups is 1. The Morgan fingerprint density at radius 2 is 1.81 bits per heavy atom. The van der Waals surface area contributed by atoms with E-state index in [1.54, 1.807) is 37.7 Å². The third kappa shape index (κ3) is 7.19. The Balaban J connectivity index is 0.952. The molecule has 0 saturated carbocycles. The Hall–Kier alpha value is -5.94. The summed E-state index contributed by atoms with van der Waals surface area (Å²) in [4.78, 5) is 64.1. The van der Waals surface area contributed by atoms with Crippen molar-refractivity contribution in [2.24, 2.45) is 0 Å². The minimum atomic E-state index is -0.684. The monoisotopic (exact) mass is 734 g/mol. The second-order valence-electron chi connectivity index (χ2n) is 13.5. The lowest BCUT2D eigenvalue weighted by Gasteiger charge is -2.36. The number of carbonyl (C=O) groups is 2. The summed E-state index contributed by atoms with van der Waals surface area (Å²) in [6.07, 6.45) is 7.62. The number of carbonyl (C=O) groups excluding carboxylic acids is 2. The molecule has 1 saturated heterocycles. The van der Waals surface area contributed by atoms with Crippen LogP contribution in [0.2, 0.25) is 0 Å². The van der Waals surface area contributed by atoms with Crippen molar-refractivity contribution in [3.63, 3.8) is 0 Å². The van der Waals surface area contributed by atoms with Crippen molar-refractivity contribution in [2.45, 2.75) is 58.3 Å². The number of hydrogen-bond acceptors (Lipinski definition) is 14. The van der Waals surface area contributed by atoms with Gasteiger partial charge in [0.15, 0.2) is 11.6 Å². The molecule has 1 aromatic carbocycles. The maximum atomic E-state index is 13.5. The first-order valence-electron chi connectivity index (χ1n) is 18.2. The van der Waals surface area contributed by atoms with Crippen LogP contribution in [0.15, 0.2) is 49.0 Å². The number of aromatic nitrogens is 6. The summed E-state index contributed by atoms with van der Waals surface area (Å²) < 4.78 is 11.1. The van der Waals surface area contributed by atoms with E-state index in [0.717, 1.165) is 71.4 Å². The van der Waals surface area contributed by atoms with Gasteiger partial charge in [-0.25, -0.2) is 39.5 Å². The predicted molar refractivity (Wildman–Crippen MR) is 198 cm³/mol. The Morgan fingerprint density at radius 1 is 1.02 bits per heavy atom. The first kappa shape index (κ1) is 35.1. The minimum Gasteiger partial charge on any atom is -0.501 e. The number of nitrogens with two attached hydrogens (primary N) is 1. The maximum absolute atomic E-state index is 13.5. The van der Waals surface area contributed by atoms with E-state index >= 15 is 0 Å². The Labute approximate surface area is 311 Å². The molecule has 4 aliphatic heterocycles. The summed E-state index contributed by atoms with van der Waals surface area (Å²) >= 11 is 0. The lowest BCUT2D eigenvalue weighted by molar-refractivity contribution is -0.0663. The summed E-state index contributed by atoms with van der Waals surface area (Å²) in [7, 11) is 0. The number of nitrogens with one attached hydrogen (secondary N) is 2. The average Bonchev–Trinajstić information content (AvgIpc) is 3.65. The highest BCUT2D eigenvalue weighted by atomic mass is 16.7. The van der Waals surface area contributed by atoms with Crippen molar-refractivity contribution < 1.29 is 23.9 Å². The Morgan fingerprint density at radius 3 is 2.57 bits per heavy atom. The first-order valence-corrected chi connectivity index (χ1v) is 18.2. The SMILES string of the molecule is CCN(OC(=O)N1Cc2nc(-c3cnc(N)nc3)nc(C3C=COCC3)c2C1)C(=O)Nc1ccc(-c2nc3c(c(N4CCOCC4C)n2)CNCC3)cc1. The molecular weight excluding hydrogens is 692 g/mol. The van der Waals surface area contributed by atoms with E-state index in [-0.39, 0.29) is 37.5 Å². The van der Waals surface area contributed by atoms with Crippen LogP contribution in [-0.4, -0.2) is 97.5 Å². The fraction of sp³-hybridized carbons (Fsp3) is 0.405. The largest absolute Gasteiger partial charge is 0.501 e. The molecular formula is C37H42N12O5. The van der Waals surface area contributed by atoms with Gasteiger partial charge in [0, 0.05) is 66.7 Å². The number of amides is 3. The second-order valence-corrected chi connectivity index (χ2v) is 13.5. The van der Waals surface area contributed by atoms with Crippen molar-refractivity contribution in [3.8, 4) is 22.8 Å². The maximum Gasteiger partial charge on any atom is 0.435 e. The third-order valence-corrected chi connectivity index (χ3v) is 9.95. The van der Waals surface area contributed by atoms with Gasteiger partial charge in [-0.2, -0.15) is 5.06 Å². The van der Waals surface area contributed by atoms with Gasteiger partial charge in [-0.15, -0.1) is 0 Å². The third-order valence-electron chi connectivity index (χ3n) is 9.95. The molecule has 0 bridgehead atoms. The van der Waals surface area contributed by atoms with Crippen LogP contribution in [0.3, 0.4) is 0 Å². The van der Waals surface area contributed by atoms with E-state index < -0.39 is 12.1 Å². The van der Waals surface area contributed by atoms with Gasteiger partial charge in [-0.05, 0) is 50.6 Å². The molecule has 54 heavy (non-hydrogen) atoms. The average molecular weight is 735 g/mol. The normalized spacial score (nSPS) is 19.1. The van der Waals surface area contributed by atoms with E-state index in [4.69, 9.17) is 40.0 Å². The summed E-state index contributed by atoms with van der Waals surface area (Å²) in [5.41, 5.74) is 12.2. The van der Waals surface area contributed by atoms with Crippen LogP contribution in [0.25, 0.3) is 22.8 Å². The number of rotatable bonds is 6. The molecule has 4 N–H and O–H groups in total. The van der Waals surface area contributed by atoms with Gasteiger partial charge in [0.05, 0.1) is 74.4 Å². The zero-order chi connectivity index (χ0) is 37.2. The van der Waals surface area contributed by atoms with Gasteiger partial charge in [0.1, 0.15) is 5.82 Å². The molecule has 7 heterocycles. The molecule has 1 fully saturated rings. The second kappa shape index (κ2) is 15.2. The van der Waals surface area contributed by atoms with E-state index in [1.807, 2.05) is 18.2 Å². The number of nitrogens with zero attached hydrogens (tertiary/aromatic N) is 9. The van der Waals surface area contributed by atoms with Crippen LogP contribution in [0.5, 0.6) is 0 Å². The summed E-state index contributed by atoms with van der Waals surface area (Å²) in [6.45, 7) is 8.60. The number of anilines is 3. The van der Waals surface area contributed by atoms with Crippen LogP contribution in [0, 0.1) is 0 Å². The van der Waals surface area contributed by atoms with Crippen molar-refractivity contribution >= 4 is 29.6 Å². The smallest absolute Gasteiger partial charge is 0.435 e. The number of ether oxygens (including phenoxy) is 2. The molecule has 0 spiro atoms. The fourth-order valence-corrected chi connectivity index (χ4v) is 7.06. The van der Waals surface area contributed by atoms with Crippen molar-refractivity contribution in [3.05, 3.63) is 77.2 Å². The molecule has 2 atom stereocenters. The lowest BCUT2D eigenvalue weighted by atomic mass is 9.95. The van der Waals surface area contributed by atoms with Gasteiger partial charge in [0.25, 0.3) is 0 Å². The topological polar surface area (TPSA) is 199 Å². The first-order chi connectivity index (χ1) is 26.3. The van der Waals surface area contributed by atoms with Crippen LogP contribution in [-0.2, 0) is 40.4 Å². The zero-order valence-electron chi connectivity index (χ0n) is 30.2. The van der Waals surface area contributed by atoms with Crippen LogP contribution in [0.1, 0.15) is 54.4 Å². The highest BCUT2D eigenvalue weighted by Crippen LogP contribution is 2.34. The number of fused-ring (bicyclic) bond motifs is 2. The van der Waals surface area contributed by atoms with Crippen LogP contribution >= 0.6 is 0 Å². The molecule has 17 heteroatoms. The molecule has 280 valence electrons. The Kier molecular flexibility index (Phi) is 9.88. The van der Waals surface area contributed by atoms with Gasteiger partial charge in [0.2, 0.25) is 5.95 Å². The number of allylic oxidation sites excluding steroid dienone is 1. The van der Waals surface area contributed by atoms with Crippen molar-refractivity contribution in [1.29, 1.82) is 0 Å². The number of nitrogen functional groups attached to an aromatic ring is 1. The van der Waals surface area contributed by atoms with E-state index in [9.17, 15) is 9.59 Å². The minimum absolute atomic E-state index is 0.0316.